The fourth-order valence-electron chi connectivity index (χ4n) is 4.13. The number of ether oxygens (including phenoxy) is 2. The number of carbonyl (C=O) groups is 4. The number of benzene rings is 2. The molecule has 0 saturated carbocycles. The molecule has 2 aliphatic heterocycles. The summed E-state index contributed by atoms with van der Waals surface area (Å²) in [7, 11) is 0. The fourth-order valence-corrected chi connectivity index (χ4v) is 5.33. The summed E-state index contributed by atoms with van der Waals surface area (Å²) in [5.74, 6) is -2.64. The molecule has 3 amide bonds. The number of rotatable bonds is 8. The van der Waals surface area contributed by atoms with Gasteiger partial charge >= 0.3 is 12.1 Å². The van der Waals surface area contributed by atoms with Crippen molar-refractivity contribution < 1.29 is 38.7 Å². The van der Waals surface area contributed by atoms with Gasteiger partial charge in [0.05, 0.1) is 10.7 Å². The number of hydrogen-bond acceptors (Lipinski definition) is 10. The lowest BCUT2D eigenvalue weighted by Crippen LogP contribution is -2.71. The van der Waals surface area contributed by atoms with Crippen LogP contribution in [0, 0.1) is 10.1 Å². The Morgan fingerprint density at radius 1 is 1.15 bits per heavy atom. The van der Waals surface area contributed by atoms with E-state index >= 15 is 0 Å². The Morgan fingerprint density at radius 3 is 2.41 bits per heavy atom. The highest BCUT2D eigenvalue weighted by atomic mass is 32.2. The second kappa shape index (κ2) is 11.9. The maximum atomic E-state index is 13.3. The molecule has 0 aromatic heterocycles. The van der Waals surface area contributed by atoms with Crippen LogP contribution in [0.3, 0.4) is 0 Å². The number of esters is 1. The van der Waals surface area contributed by atoms with Crippen molar-refractivity contribution in [2.24, 2.45) is 0 Å². The number of hydrogen-bond donors (Lipinski definition) is 3. The summed E-state index contributed by atoms with van der Waals surface area (Å²) >= 11 is 1.14. The molecule has 1 saturated heterocycles. The number of aliphatic hydroxyl groups excluding tert-OH is 1. The maximum absolute atomic E-state index is 13.3. The number of non-ortho nitro benzene ring substituents is 1. The van der Waals surface area contributed by atoms with Crippen molar-refractivity contribution in [2.75, 3.05) is 5.75 Å². The minimum absolute atomic E-state index is 0.0128. The normalized spacial score (nSPS) is 18.9. The van der Waals surface area contributed by atoms with Gasteiger partial charge in [-0.2, -0.15) is 0 Å². The van der Waals surface area contributed by atoms with Gasteiger partial charge in [-0.3, -0.25) is 24.6 Å². The molecule has 41 heavy (non-hydrogen) atoms. The standard InChI is InChI=1S/C27H28N4O9S/c1-27(2,3)40-26(36)29-19(16-7-5-4-6-8-16)22(33)28-20-23(34)30-21(18(32)14-41-24(20)30)25(35)39-13-15-9-11-17(12-10-15)31(37)38/h4-12,19-20,24,32H,13-14H2,1-3H3,(H,28,33)(H,29,36)/t19?,20?,24-/m0/s1. The quantitative estimate of drug-likeness (QED) is 0.181. The van der Waals surface area contributed by atoms with Crippen LogP contribution < -0.4 is 10.6 Å². The highest BCUT2D eigenvalue weighted by molar-refractivity contribution is 8.00. The zero-order chi connectivity index (χ0) is 29.9. The van der Waals surface area contributed by atoms with Gasteiger partial charge in [0, 0.05) is 12.1 Å². The van der Waals surface area contributed by atoms with E-state index in [1.807, 2.05) is 0 Å². The first kappa shape index (κ1) is 29.4. The number of β-lactam (4-membered cyclic amide) rings is 1. The molecule has 2 aliphatic rings. The molecule has 14 heteroatoms. The van der Waals surface area contributed by atoms with Crippen LogP contribution in [0.15, 0.2) is 66.1 Å². The third-order valence-corrected chi connectivity index (χ3v) is 7.28. The first-order valence-corrected chi connectivity index (χ1v) is 13.5. The largest absolute Gasteiger partial charge is 0.509 e. The lowest BCUT2D eigenvalue weighted by molar-refractivity contribution is -0.384. The molecule has 1 fully saturated rings. The summed E-state index contributed by atoms with van der Waals surface area (Å²) in [5.41, 5.74) is -0.331. The van der Waals surface area contributed by atoms with Crippen molar-refractivity contribution in [2.45, 2.75) is 50.4 Å². The Kier molecular flexibility index (Phi) is 8.52. The van der Waals surface area contributed by atoms with E-state index in [0.717, 1.165) is 16.7 Å². The molecule has 2 unspecified atom stereocenters. The van der Waals surface area contributed by atoms with Gasteiger partial charge in [0.15, 0.2) is 5.70 Å². The Bertz CT molecular complexity index is 1390. The summed E-state index contributed by atoms with van der Waals surface area (Å²) < 4.78 is 10.5. The minimum atomic E-state index is -1.17. The molecule has 2 aromatic rings. The Morgan fingerprint density at radius 2 is 1.80 bits per heavy atom. The van der Waals surface area contributed by atoms with Crippen LogP contribution in [0.25, 0.3) is 0 Å². The minimum Gasteiger partial charge on any atom is -0.509 e. The van der Waals surface area contributed by atoms with Gasteiger partial charge in [-0.25, -0.2) is 9.59 Å². The SMILES string of the molecule is CC(C)(C)OC(=O)NC(C(=O)NC1C(=O)N2C(C(=O)OCc3ccc([N+](=O)[O-])cc3)=C(O)CS[C@@H]12)c1ccccc1. The van der Waals surface area contributed by atoms with Gasteiger partial charge in [0.25, 0.3) is 11.6 Å². The third-order valence-electron chi connectivity index (χ3n) is 6.01. The lowest BCUT2D eigenvalue weighted by atomic mass is 10.0. The fraction of sp³-hybridized carbons (Fsp3) is 0.333. The van der Waals surface area contributed by atoms with E-state index in [9.17, 15) is 34.4 Å². The molecule has 2 aromatic carbocycles. The van der Waals surface area contributed by atoms with Gasteiger partial charge in [0.2, 0.25) is 5.91 Å². The highest BCUT2D eigenvalue weighted by Gasteiger charge is 2.55. The van der Waals surface area contributed by atoms with Crippen LogP contribution in [0.2, 0.25) is 0 Å². The molecule has 0 bridgehead atoms. The van der Waals surface area contributed by atoms with Crippen LogP contribution in [0.4, 0.5) is 10.5 Å². The first-order valence-electron chi connectivity index (χ1n) is 12.5. The van der Waals surface area contributed by atoms with Crippen LogP contribution in [-0.4, -0.2) is 61.6 Å². The van der Waals surface area contributed by atoms with Crippen molar-refractivity contribution in [1.82, 2.24) is 15.5 Å². The maximum Gasteiger partial charge on any atom is 0.408 e. The summed E-state index contributed by atoms with van der Waals surface area (Å²) in [6.07, 6.45) is -0.819. The number of carbonyl (C=O) groups excluding carboxylic acids is 4. The summed E-state index contributed by atoms with van der Waals surface area (Å²) in [6.45, 7) is 4.80. The molecule has 0 radical (unpaired) electrons. The van der Waals surface area contributed by atoms with Gasteiger partial charge in [-0.15, -0.1) is 11.8 Å². The van der Waals surface area contributed by atoms with Crippen molar-refractivity contribution in [1.29, 1.82) is 0 Å². The summed E-state index contributed by atoms with van der Waals surface area (Å²) in [5, 5.41) is 25.7. The molecule has 4 rings (SSSR count). The number of nitrogens with one attached hydrogen (secondary N) is 2. The Labute approximate surface area is 239 Å². The average Bonchev–Trinajstić information content (AvgIpc) is 2.92. The molecule has 216 valence electrons. The number of aliphatic hydroxyl groups is 1. The van der Waals surface area contributed by atoms with E-state index in [1.54, 1.807) is 51.1 Å². The topological polar surface area (TPSA) is 177 Å². The number of fused-ring (bicyclic) bond motifs is 1. The Balaban J connectivity index is 1.43. The number of nitrogens with zero attached hydrogens (tertiary/aromatic N) is 2. The number of nitro groups is 1. The molecule has 2 heterocycles. The second-order valence-corrected chi connectivity index (χ2v) is 11.3. The van der Waals surface area contributed by atoms with E-state index in [2.05, 4.69) is 10.6 Å². The van der Waals surface area contributed by atoms with Gasteiger partial charge < -0.3 is 25.2 Å². The molecule has 0 aliphatic carbocycles. The Hall–Kier alpha value is -4.59. The lowest BCUT2D eigenvalue weighted by Gasteiger charge is -2.49. The van der Waals surface area contributed by atoms with E-state index < -0.39 is 51.9 Å². The van der Waals surface area contributed by atoms with E-state index in [1.165, 1.54) is 24.3 Å². The van der Waals surface area contributed by atoms with Crippen LogP contribution in [0.1, 0.15) is 37.9 Å². The van der Waals surface area contributed by atoms with Gasteiger partial charge in [-0.1, -0.05) is 30.3 Å². The molecular weight excluding hydrogens is 556 g/mol. The second-order valence-electron chi connectivity index (χ2n) is 10.2. The van der Waals surface area contributed by atoms with Gasteiger partial charge in [0.1, 0.15) is 35.4 Å². The monoisotopic (exact) mass is 584 g/mol. The number of nitro benzene ring substituents is 1. The predicted octanol–water partition coefficient (Wildman–Crippen LogP) is 3.07. The zero-order valence-electron chi connectivity index (χ0n) is 22.4. The molecule has 13 nitrogen and oxygen atoms in total. The van der Waals surface area contributed by atoms with Crippen molar-refractivity contribution >= 4 is 41.3 Å². The summed E-state index contributed by atoms with van der Waals surface area (Å²) in [4.78, 5) is 63.1. The van der Waals surface area contributed by atoms with Crippen molar-refractivity contribution in [3.63, 3.8) is 0 Å². The zero-order valence-corrected chi connectivity index (χ0v) is 23.2. The number of amides is 3. The average molecular weight is 585 g/mol. The van der Waals surface area contributed by atoms with Crippen LogP contribution >= 0.6 is 11.8 Å². The number of thioether (sulfide) groups is 1. The van der Waals surface area contributed by atoms with Crippen LogP contribution in [0.5, 0.6) is 0 Å². The van der Waals surface area contributed by atoms with E-state index in [-0.39, 0.29) is 29.5 Å². The van der Waals surface area contributed by atoms with Crippen LogP contribution in [-0.2, 0) is 30.5 Å². The smallest absolute Gasteiger partial charge is 0.408 e. The number of alkyl carbamates (subject to hydrolysis) is 1. The highest BCUT2D eigenvalue weighted by Crippen LogP contribution is 2.40. The van der Waals surface area contributed by atoms with Crippen molar-refractivity contribution in [3.05, 3.63) is 87.3 Å². The van der Waals surface area contributed by atoms with Crippen molar-refractivity contribution in [3.8, 4) is 0 Å². The first-order chi connectivity index (χ1) is 19.4. The summed E-state index contributed by atoms with van der Waals surface area (Å²) in [6, 6.07) is 11.6. The molecule has 0 spiro atoms. The molecule has 3 N–H and O–H groups in total. The van der Waals surface area contributed by atoms with E-state index in [0.29, 0.717) is 11.1 Å². The predicted molar refractivity (Wildman–Crippen MR) is 146 cm³/mol. The van der Waals surface area contributed by atoms with Gasteiger partial charge in [-0.05, 0) is 44.0 Å². The van der Waals surface area contributed by atoms with E-state index in [4.69, 9.17) is 9.47 Å². The third kappa shape index (κ3) is 6.77. The molecule has 3 atom stereocenters. The molecular formula is C27H28N4O9S.